The molecule has 1 amide bonds. The number of nitrogens with zero attached hydrogens (tertiary/aromatic N) is 3. The average Bonchev–Trinajstić information content (AvgIpc) is 3.40. The SMILES string of the molecule is C[C@H](N)C(=O)N[C@H]1CCN(c2nc3c(cc2F)c(=O)c(C(=O)O)cn3C2CC2)C1.Cl. The van der Waals surface area contributed by atoms with Crippen molar-refractivity contribution in [3.63, 3.8) is 0 Å². The van der Waals surface area contributed by atoms with Crippen LogP contribution in [0.1, 0.15) is 42.6 Å². The number of hydrogen-bond acceptors (Lipinski definition) is 6. The number of aromatic carboxylic acids is 1. The average molecular weight is 440 g/mol. The van der Waals surface area contributed by atoms with Crippen molar-refractivity contribution in [2.24, 2.45) is 5.73 Å². The zero-order valence-corrected chi connectivity index (χ0v) is 17.1. The van der Waals surface area contributed by atoms with Gasteiger partial charge >= 0.3 is 5.97 Å². The van der Waals surface area contributed by atoms with E-state index in [1.807, 2.05) is 0 Å². The maximum absolute atomic E-state index is 14.8. The fourth-order valence-electron chi connectivity index (χ4n) is 3.65. The first-order valence-electron chi connectivity index (χ1n) is 9.56. The Kier molecular flexibility index (Phi) is 6.00. The molecule has 11 heteroatoms. The molecule has 2 aromatic rings. The van der Waals surface area contributed by atoms with Gasteiger partial charge in [-0.05, 0) is 32.3 Å². The molecule has 0 spiro atoms. The lowest BCUT2D eigenvalue weighted by Gasteiger charge is -2.20. The minimum atomic E-state index is -1.34. The van der Waals surface area contributed by atoms with Crippen molar-refractivity contribution in [1.29, 1.82) is 0 Å². The molecule has 4 rings (SSSR count). The van der Waals surface area contributed by atoms with E-state index in [1.54, 1.807) is 16.4 Å². The third-order valence-electron chi connectivity index (χ3n) is 5.36. The van der Waals surface area contributed by atoms with Crippen LogP contribution >= 0.6 is 12.4 Å². The molecular weight excluding hydrogens is 417 g/mol. The molecule has 162 valence electrons. The van der Waals surface area contributed by atoms with E-state index in [4.69, 9.17) is 5.73 Å². The Morgan fingerprint density at radius 2 is 2.07 bits per heavy atom. The number of carbonyl (C=O) groups excluding carboxylic acids is 1. The highest BCUT2D eigenvalue weighted by Crippen LogP contribution is 2.37. The number of amides is 1. The van der Waals surface area contributed by atoms with Crippen molar-refractivity contribution in [2.75, 3.05) is 18.0 Å². The molecule has 0 radical (unpaired) electrons. The fourth-order valence-corrected chi connectivity index (χ4v) is 3.65. The Hall–Kier alpha value is -2.72. The quantitative estimate of drug-likeness (QED) is 0.634. The van der Waals surface area contributed by atoms with Gasteiger partial charge in [-0.25, -0.2) is 14.2 Å². The summed E-state index contributed by atoms with van der Waals surface area (Å²) in [6, 6.07) is 0.319. The lowest BCUT2D eigenvalue weighted by Crippen LogP contribution is -2.45. The van der Waals surface area contributed by atoms with Crippen molar-refractivity contribution in [3.05, 3.63) is 33.9 Å². The summed E-state index contributed by atoms with van der Waals surface area (Å²) in [5.74, 6) is -2.22. The van der Waals surface area contributed by atoms with Crippen LogP contribution in [0.4, 0.5) is 10.2 Å². The highest BCUT2D eigenvalue weighted by atomic mass is 35.5. The number of carboxylic acid groups (broad SMARTS) is 1. The Balaban J connectivity index is 0.00000256. The van der Waals surface area contributed by atoms with Gasteiger partial charge in [0.25, 0.3) is 0 Å². The Labute approximate surface area is 177 Å². The fraction of sp³-hybridized carbons (Fsp3) is 0.474. The number of anilines is 1. The number of carboxylic acids is 1. The lowest BCUT2D eigenvalue weighted by molar-refractivity contribution is -0.122. The van der Waals surface area contributed by atoms with Crippen LogP contribution in [-0.4, -0.2) is 51.7 Å². The van der Waals surface area contributed by atoms with Gasteiger partial charge < -0.3 is 25.6 Å². The number of nitrogens with two attached hydrogens (primary N) is 1. The standard InChI is InChI=1S/C19H22FN5O4.ClH/c1-9(21)18(27)22-10-4-5-24(7-10)17-14(20)6-12-15(26)13(19(28)29)8-25(11-2-3-11)16(12)23-17;/h6,8-11H,2-5,7,21H2,1H3,(H,22,27)(H,28,29);1H/t9-,10-;/m0./s1. The first-order chi connectivity index (χ1) is 13.8. The minimum Gasteiger partial charge on any atom is -0.477 e. The number of aromatic nitrogens is 2. The summed E-state index contributed by atoms with van der Waals surface area (Å²) in [4.78, 5) is 41.9. The van der Waals surface area contributed by atoms with Gasteiger partial charge in [0.05, 0.1) is 11.4 Å². The Morgan fingerprint density at radius 3 is 2.67 bits per heavy atom. The van der Waals surface area contributed by atoms with Crippen molar-refractivity contribution >= 4 is 41.1 Å². The molecule has 1 saturated heterocycles. The third-order valence-corrected chi connectivity index (χ3v) is 5.36. The molecule has 1 aliphatic heterocycles. The summed E-state index contributed by atoms with van der Waals surface area (Å²) in [6.45, 7) is 2.45. The van der Waals surface area contributed by atoms with E-state index in [0.29, 0.717) is 19.5 Å². The summed E-state index contributed by atoms with van der Waals surface area (Å²) in [5, 5.41) is 12.1. The van der Waals surface area contributed by atoms with Gasteiger partial charge in [-0.15, -0.1) is 12.4 Å². The largest absolute Gasteiger partial charge is 0.477 e. The van der Waals surface area contributed by atoms with Gasteiger partial charge in [-0.3, -0.25) is 9.59 Å². The van der Waals surface area contributed by atoms with Crippen LogP contribution in [-0.2, 0) is 4.79 Å². The Bertz CT molecular complexity index is 1070. The van der Waals surface area contributed by atoms with E-state index >= 15 is 0 Å². The topological polar surface area (TPSA) is 131 Å². The molecule has 3 heterocycles. The van der Waals surface area contributed by atoms with E-state index < -0.39 is 28.8 Å². The third kappa shape index (κ3) is 3.97. The number of rotatable bonds is 5. The van der Waals surface area contributed by atoms with Crippen molar-refractivity contribution in [2.45, 2.75) is 44.3 Å². The van der Waals surface area contributed by atoms with Crippen molar-refractivity contribution in [1.82, 2.24) is 14.9 Å². The number of fused-ring (bicyclic) bond motifs is 1. The number of hydrogen-bond donors (Lipinski definition) is 3. The highest BCUT2D eigenvalue weighted by Gasteiger charge is 2.31. The van der Waals surface area contributed by atoms with Gasteiger partial charge in [0.1, 0.15) is 11.2 Å². The lowest BCUT2D eigenvalue weighted by atomic mass is 10.2. The second-order valence-electron chi connectivity index (χ2n) is 7.71. The molecule has 0 unspecified atom stereocenters. The monoisotopic (exact) mass is 439 g/mol. The first kappa shape index (κ1) is 22.0. The van der Waals surface area contributed by atoms with E-state index in [1.165, 1.54) is 6.20 Å². The molecular formula is C19H23ClFN5O4. The van der Waals surface area contributed by atoms with Crippen molar-refractivity contribution < 1.29 is 19.1 Å². The first-order valence-corrected chi connectivity index (χ1v) is 9.56. The molecule has 2 aliphatic rings. The zero-order chi connectivity index (χ0) is 20.9. The van der Waals surface area contributed by atoms with E-state index in [9.17, 15) is 23.9 Å². The molecule has 2 aromatic heterocycles. The smallest absolute Gasteiger partial charge is 0.341 e. The van der Waals surface area contributed by atoms with Crippen LogP contribution in [0.5, 0.6) is 0 Å². The molecule has 4 N–H and O–H groups in total. The van der Waals surface area contributed by atoms with Crippen LogP contribution in [0.15, 0.2) is 17.1 Å². The van der Waals surface area contributed by atoms with Gasteiger partial charge in [-0.1, -0.05) is 0 Å². The van der Waals surface area contributed by atoms with Gasteiger partial charge in [0, 0.05) is 31.4 Å². The number of nitrogens with one attached hydrogen (secondary N) is 1. The molecule has 9 nitrogen and oxygen atoms in total. The second kappa shape index (κ2) is 8.19. The molecule has 2 atom stereocenters. The van der Waals surface area contributed by atoms with Gasteiger partial charge in [0.2, 0.25) is 11.3 Å². The second-order valence-corrected chi connectivity index (χ2v) is 7.71. The van der Waals surface area contributed by atoms with Crippen LogP contribution in [0, 0.1) is 5.82 Å². The predicted molar refractivity (Wildman–Crippen MR) is 111 cm³/mol. The van der Waals surface area contributed by atoms with E-state index in [-0.39, 0.29) is 47.2 Å². The molecule has 1 aliphatic carbocycles. The molecule has 2 fully saturated rings. The summed E-state index contributed by atoms with van der Waals surface area (Å²) in [5.41, 5.74) is 4.72. The van der Waals surface area contributed by atoms with Gasteiger partial charge in [-0.2, -0.15) is 0 Å². The molecule has 30 heavy (non-hydrogen) atoms. The summed E-state index contributed by atoms with van der Waals surface area (Å²) in [7, 11) is 0. The van der Waals surface area contributed by atoms with Crippen LogP contribution in [0.2, 0.25) is 0 Å². The van der Waals surface area contributed by atoms with Crippen LogP contribution in [0.3, 0.4) is 0 Å². The predicted octanol–water partition coefficient (Wildman–Crippen LogP) is 1.03. The van der Waals surface area contributed by atoms with Crippen LogP contribution in [0.25, 0.3) is 11.0 Å². The normalized spacial score (nSPS) is 19.4. The molecule has 1 saturated carbocycles. The van der Waals surface area contributed by atoms with Crippen molar-refractivity contribution in [3.8, 4) is 0 Å². The number of pyridine rings is 2. The number of halogens is 2. The maximum Gasteiger partial charge on any atom is 0.341 e. The van der Waals surface area contributed by atoms with Gasteiger partial charge in [0.15, 0.2) is 11.6 Å². The minimum absolute atomic E-state index is 0. The van der Waals surface area contributed by atoms with E-state index in [0.717, 1.165) is 18.9 Å². The molecule has 0 aromatic carbocycles. The Morgan fingerprint density at radius 1 is 1.37 bits per heavy atom. The maximum atomic E-state index is 14.8. The zero-order valence-electron chi connectivity index (χ0n) is 16.3. The highest BCUT2D eigenvalue weighted by molar-refractivity contribution is 5.92. The summed E-state index contributed by atoms with van der Waals surface area (Å²) in [6.07, 6.45) is 3.61. The van der Waals surface area contributed by atoms with Crippen LogP contribution < -0.4 is 21.4 Å². The van der Waals surface area contributed by atoms with E-state index in [2.05, 4.69) is 10.3 Å². The number of carbonyl (C=O) groups is 2. The summed E-state index contributed by atoms with van der Waals surface area (Å²) < 4.78 is 16.5. The summed E-state index contributed by atoms with van der Waals surface area (Å²) >= 11 is 0. The molecule has 0 bridgehead atoms.